The molecule has 1 fully saturated rings. The van der Waals surface area contributed by atoms with E-state index in [0.717, 1.165) is 27.7 Å². The van der Waals surface area contributed by atoms with E-state index < -0.39 is 65.9 Å². The molecule has 1 aliphatic rings. The minimum atomic E-state index is -1.82. The number of amides is 1. The molecule has 1 amide bonds. The molecule has 0 aromatic carbocycles. The van der Waals surface area contributed by atoms with Crippen molar-refractivity contribution in [3.63, 3.8) is 0 Å². The summed E-state index contributed by atoms with van der Waals surface area (Å²) in [5, 5.41) is 13.6. The van der Waals surface area contributed by atoms with Crippen molar-refractivity contribution in [3.05, 3.63) is 10.1 Å². The zero-order chi connectivity index (χ0) is 20.0. The second-order valence-corrected chi connectivity index (χ2v) is 5.53. The highest BCUT2D eigenvalue weighted by Crippen LogP contribution is 2.27. The number of esters is 3. The smallest absolute Gasteiger partial charge is 0.340 e. The Morgan fingerprint density at radius 1 is 1.00 bits per heavy atom. The first kappa shape index (κ1) is 21.3. The Balaban J connectivity index is 3.29. The number of nitrogens with one attached hydrogen (secondary N) is 1. The van der Waals surface area contributed by atoms with Crippen LogP contribution in [-0.2, 0) is 38.1 Å². The van der Waals surface area contributed by atoms with Gasteiger partial charge in [0.15, 0.2) is 18.2 Å². The molecule has 1 saturated heterocycles. The van der Waals surface area contributed by atoms with E-state index in [-0.39, 0.29) is 0 Å². The summed E-state index contributed by atoms with van der Waals surface area (Å²) in [4.78, 5) is 55.9. The van der Waals surface area contributed by atoms with Gasteiger partial charge < -0.3 is 24.3 Å². The fraction of sp³-hybridized carbons (Fsp3) is 0.714. The average Bonchev–Trinajstić information content (AvgIpc) is 2.47. The molecule has 0 saturated carbocycles. The number of hydrogen-bond acceptors (Lipinski definition) is 10. The van der Waals surface area contributed by atoms with Gasteiger partial charge in [-0.1, -0.05) is 0 Å². The lowest BCUT2D eigenvalue weighted by Gasteiger charge is -2.41. The van der Waals surface area contributed by atoms with Crippen molar-refractivity contribution in [2.24, 2.45) is 0 Å². The molecule has 0 aliphatic carbocycles. The van der Waals surface area contributed by atoms with Crippen molar-refractivity contribution in [1.29, 1.82) is 0 Å². The van der Waals surface area contributed by atoms with E-state index in [1.165, 1.54) is 0 Å². The van der Waals surface area contributed by atoms with Crippen LogP contribution in [0.25, 0.3) is 0 Å². The third kappa shape index (κ3) is 5.95. The Morgan fingerprint density at radius 3 is 1.96 bits per heavy atom. The molecule has 0 radical (unpaired) electrons. The Bertz CT molecular complexity index is 592. The van der Waals surface area contributed by atoms with Gasteiger partial charge >= 0.3 is 24.1 Å². The molecule has 12 nitrogen and oxygen atoms in total. The largest absolute Gasteiger partial charge is 0.463 e. The first-order valence-electron chi connectivity index (χ1n) is 7.56. The molecule has 0 bridgehead atoms. The van der Waals surface area contributed by atoms with E-state index in [1.54, 1.807) is 0 Å². The van der Waals surface area contributed by atoms with Gasteiger partial charge in [0.25, 0.3) is 0 Å². The predicted octanol–water partition coefficient (Wildman–Crippen LogP) is -1.08. The summed E-state index contributed by atoms with van der Waals surface area (Å²) >= 11 is 0. The fourth-order valence-corrected chi connectivity index (χ4v) is 2.49. The van der Waals surface area contributed by atoms with E-state index in [0.29, 0.717) is 0 Å². The SMILES string of the molecule is CC(=O)N[C@H]1[C@@H](OC(C)=O)[C@H](OC(C)=O)[C@H](COC(C)=O)O[C@@H]1[N+](=O)[O-]. The quantitative estimate of drug-likeness (QED) is 0.261. The summed E-state index contributed by atoms with van der Waals surface area (Å²) in [7, 11) is 0. The lowest BCUT2D eigenvalue weighted by molar-refractivity contribution is -0.594. The zero-order valence-electron chi connectivity index (χ0n) is 14.6. The van der Waals surface area contributed by atoms with Crippen LogP contribution in [0.4, 0.5) is 0 Å². The van der Waals surface area contributed by atoms with Crippen LogP contribution in [0.1, 0.15) is 27.7 Å². The first-order chi connectivity index (χ1) is 12.0. The van der Waals surface area contributed by atoms with Gasteiger partial charge in [0.1, 0.15) is 12.7 Å². The molecule has 0 aromatic heterocycles. The molecule has 0 unspecified atom stereocenters. The maximum Gasteiger partial charge on any atom is 0.340 e. The topological polar surface area (TPSA) is 160 Å². The van der Waals surface area contributed by atoms with E-state index in [4.69, 9.17) is 18.9 Å². The molecule has 1 rings (SSSR count). The highest BCUT2D eigenvalue weighted by atomic mass is 16.7. The second-order valence-electron chi connectivity index (χ2n) is 5.53. The summed E-state index contributed by atoms with van der Waals surface area (Å²) in [5.74, 6) is -2.95. The number of ether oxygens (including phenoxy) is 4. The van der Waals surface area contributed by atoms with Gasteiger partial charge in [-0.05, 0) is 0 Å². The number of hydrogen-bond donors (Lipinski definition) is 1. The molecule has 1 N–H and O–H groups in total. The Labute approximate surface area is 148 Å². The minimum Gasteiger partial charge on any atom is -0.463 e. The van der Waals surface area contributed by atoms with Crippen molar-refractivity contribution < 1.29 is 43.0 Å². The minimum absolute atomic E-state index is 0.484. The predicted molar refractivity (Wildman–Crippen MR) is 81.0 cm³/mol. The van der Waals surface area contributed by atoms with Gasteiger partial charge in [0.05, 0.1) is 4.92 Å². The Hall–Kier alpha value is -2.76. The van der Waals surface area contributed by atoms with E-state index in [9.17, 15) is 29.3 Å². The van der Waals surface area contributed by atoms with Gasteiger partial charge in [-0.3, -0.25) is 29.3 Å². The molecule has 12 heteroatoms. The Kier molecular flexibility index (Phi) is 7.43. The monoisotopic (exact) mass is 376 g/mol. The highest BCUT2D eigenvalue weighted by Gasteiger charge is 2.55. The standard InChI is InChI=1S/C14H20N2O10/c1-6(17)15-11-13(25-9(4)20)12(24-8(3)19)10(5-23-7(2)18)26-14(11)16(21)22/h10-14H,5H2,1-4H3,(H,15,17)/t10-,11-,12+,13+,14-/m0/s1. The highest BCUT2D eigenvalue weighted by molar-refractivity contribution is 5.73. The summed E-state index contributed by atoms with van der Waals surface area (Å²) in [6.45, 7) is 3.85. The van der Waals surface area contributed by atoms with E-state index in [1.807, 2.05) is 0 Å². The Morgan fingerprint density at radius 2 is 1.54 bits per heavy atom. The number of rotatable bonds is 6. The van der Waals surface area contributed by atoms with E-state index in [2.05, 4.69) is 5.32 Å². The molecular weight excluding hydrogens is 356 g/mol. The van der Waals surface area contributed by atoms with Gasteiger partial charge in [-0.25, -0.2) is 0 Å². The normalized spacial score (nSPS) is 27.8. The van der Waals surface area contributed by atoms with Crippen LogP contribution in [-0.4, -0.2) is 65.9 Å². The molecule has 146 valence electrons. The first-order valence-corrected chi connectivity index (χ1v) is 7.56. The van der Waals surface area contributed by atoms with Crippen LogP contribution in [0.2, 0.25) is 0 Å². The summed E-state index contributed by atoms with van der Waals surface area (Å²) in [5.41, 5.74) is 0. The van der Waals surface area contributed by atoms with Crippen LogP contribution >= 0.6 is 0 Å². The zero-order valence-corrected chi connectivity index (χ0v) is 14.6. The van der Waals surface area contributed by atoms with Crippen molar-refractivity contribution in [2.45, 2.75) is 58.3 Å². The second kappa shape index (κ2) is 9.08. The maximum absolute atomic E-state index is 11.5. The number of carbonyl (C=O) groups is 4. The molecule has 0 aromatic rings. The van der Waals surface area contributed by atoms with Crippen molar-refractivity contribution in [3.8, 4) is 0 Å². The van der Waals surface area contributed by atoms with Crippen LogP contribution in [0.5, 0.6) is 0 Å². The molecule has 1 aliphatic heterocycles. The molecule has 0 spiro atoms. The summed E-state index contributed by atoms with van der Waals surface area (Å²) in [6.07, 6.45) is -5.88. The number of nitro groups is 1. The van der Waals surface area contributed by atoms with Crippen LogP contribution in [0, 0.1) is 10.1 Å². The summed E-state index contributed by atoms with van der Waals surface area (Å²) in [6, 6.07) is -1.43. The number of carbonyl (C=O) groups excluding carboxylic acids is 4. The van der Waals surface area contributed by atoms with Gasteiger partial charge in [0.2, 0.25) is 5.91 Å². The van der Waals surface area contributed by atoms with Crippen molar-refractivity contribution in [2.75, 3.05) is 6.61 Å². The van der Waals surface area contributed by atoms with Gasteiger partial charge in [0, 0.05) is 27.7 Å². The molecular formula is C14H20N2O10. The van der Waals surface area contributed by atoms with Gasteiger partial charge in [-0.15, -0.1) is 0 Å². The van der Waals surface area contributed by atoms with Crippen molar-refractivity contribution in [1.82, 2.24) is 5.32 Å². The lowest BCUT2D eigenvalue weighted by Crippen LogP contribution is -2.67. The van der Waals surface area contributed by atoms with Crippen LogP contribution < -0.4 is 5.32 Å². The lowest BCUT2D eigenvalue weighted by atomic mass is 9.95. The molecule has 26 heavy (non-hydrogen) atoms. The van der Waals surface area contributed by atoms with E-state index >= 15 is 0 Å². The average molecular weight is 376 g/mol. The van der Waals surface area contributed by atoms with Crippen LogP contribution in [0.3, 0.4) is 0 Å². The molecule has 1 heterocycles. The third-order valence-electron chi connectivity index (χ3n) is 3.30. The fourth-order valence-electron chi connectivity index (χ4n) is 2.49. The maximum atomic E-state index is 11.5. The van der Waals surface area contributed by atoms with Crippen LogP contribution in [0.15, 0.2) is 0 Å². The van der Waals surface area contributed by atoms with Crippen molar-refractivity contribution >= 4 is 23.8 Å². The number of nitrogens with zero attached hydrogens (tertiary/aromatic N) is 1. The third-order valence-corrected chi connectivity index (χ3v) is 3.30. The molecule has 5 atom stereocenters. The van der Waals surface area contributed by atoms with Gasteiger partial charge in [-0.2, -0.15) is 0 Å². The summed E-state index contributed by atoms with van der Waals surface area (Å²) < 4.78 is 20.2.